The number of carbonyl (C=O) groups excluding carboxylic acids is 3. The Morgan fingerprint density at radius 2 is 1.38 bits per heavy atom. The minimum Gasteiger partial charge on any atom is -0.459 e. The molecule has 2 rings (SSSR count). The van der Waals surface area contributed by atoms with E-state index >= 15 is 0 Å². The number of benzene rings is 2. The number of ether oxygens (including phenoxy) is 4. The quantitative estimate of drug-likeness (QED) is 0.112. The maximum absolute atomic E-state index is 12.3. The molecule has 3 N–H and O–H groups in total. The normalized spacial score (nSPS) is 13.1. The van der Waals surface area contributed by atoms with Crippen LogP contribution in [0.4, 0.5) is 0 Å². The number of esters is 3. The topological polar surface area (TPSA) is 149 Å². The molecule has 0 aliphatic carbocycles. The van der Waals surface area contributed by atoms with Crippen LogP contribution in [0.2, 0.25) is 0 Å². The van der Waals surface area contributed by atoms with Crippen LogP contribution in [0.3, 0.4) is 0 Å². The lowest BCUT2D eigenvalue weighted by atomic mass is 10.0. The van der Waals surface area contributed by atoms with Gasteiger partial charge < -0.3 is 34.3 Å². The molecular formula is C27H30O10. The van der Waals surface area contributed by atoms with Gasteiger partial charge in [0, 0.05) is 5.57 Å². The van der Waals surface area contributed by atoms with Crippen molar-refractivity contribution < 1.29 is 48.7 Å². The molecule has 10 heteroatoms. The molecule has 37 heavy (non-hydrogen) atoms. The summed E-state index contributed by atoms with van der Waals surface area (Å²) in [6, 6.07) is 13.0. The van der Waals surface area contributed by atoms with Crippen LogP contribution in [-0.2, 0) is 23.7 Å². The highest BCUT2D eigenvalue weighted by atomic mass is 16.6. The van der Waals surface area contributed by atoms with Crippen molar-refractivity contribution in [1.82, 2.24) is 0 Å². The summed E-state index contributed by atoms with van der Waals surface area (Å²) < 4.78 is 20.0. The molecule has 3 atom stereocenters. The molecule has 0 bridgehead atoms. The molecule has 0 saturated heterocycles. The second-order valence-electron chi connectivity index (χ2n) is 7.96. The van der Waals surface area contributed by atoms with Gasteiger partial charge in [-0.25, -0.2) is 14.4 Å². The summed E-state index contributed by atoms with van der Waals surface area (Å²) in [5.41, 5.74) is 2.24. The van der Waals surface area contributed by atoms with Crippen molar-refractivity contribution in [2.75, 3.05) is 26.4 Å². The van der Waals surface area contributed by atoms with E-state index in [1.807, 2.05) is 0 Å². The van der Waals surface area contributed by atoms with E-state index in [2.05, 4.69) is 13.2 Å². The molecule has 0 aliphatic heterocycles. The average molecular weight is 515 g/mol. The molecule has 0 heterocycles. The molecule has 0 fully saturated rings. The van der Waals surface area contributed by atoms with Crippen LogP contribution in [0, 0.1) is 0 Å². The summed E-state index contributed by atoms with van der Waals surface area (Å²) in [5, 5.41) is 28.5. The first-order valence-electron chi connectivity index (χ1n) is 11.3. The minimum absolute atomic E-state index is 0.195. The summed E-state index contributed by atoms with van der Waals surface area (Å²) >= 11 is 0. The maximum atomic E-state index is 12.3. The van der Waals surface area contributed by atoms with Crippen LogP contribution >= 0.6 is 0 Å². The number of carbonyl (C=O) groups is 3. The predicted octanol–water partition coefficient (Wildman–Crippen LogP) is 2.03. The number of hydrogen-bond acceptors (Lipinski definition) is 10. The smallest absolute Gasteiger partial charge is 0.338 e. The molecule has 0 amide bonds. The average Bonchev–Trinajstić information content (AvgIpc) is 2.92. The zero-order valence-corrected chi connectivity index (χ0v) is 20.4. The molecule has 0 spiro atoms. The van der Waals surface area contributed by atoms with Crippen molar-refractivity contribution in [2.24, 2.45) is 0 Å². The molecule has 0 aromatic heterocycles. The van der Waals surface area contributed by atoms with Crippen molar-refractivity contribution in [2.45, 2.75) is 25.4 Å². The Kier molecular flexibility index (Phi) is 11.7. The van der Waals surface area contributed by atoms with E-state index in [1.54, 1.807) is 48.5 Å². The number of aliphatic hydroxyl groups is 3. The number of rotatable bonds is 14. The molecule has 0 saturated carbocycles. The highest BCUT2D eigenvalue weighted by Crippen LogP contribution is 2.21. The lowest BCUT2D eigenvalue weighted by Crippen LogP contribution is -2.29. The fourth-order valence-electron chi connectivity index (χ4n) is 2.81. The van der Waals surface area contributed by atoms with Crippen LogP contribution in [0.15, 0.2) is 73.3 Å². The van der Waals surface area contributed by atoms with Crippen molar-refractivity contribution in [3.05, 3.63) is 84.5 Å². The van der Waals surface area contributed by atoms with Crippen LogP contribution in [0.5, 0.6) is 0 Å². The lowest BCUT2D eigenvalue weighted by Gasteiger charge is -2.17. The third-order valence-electron chi connectivity index (χ3n) is 4.87. The van der Waals surface area contributed by atoms with Crippen molar-refractivity contribution >= 4 is 17.9 Å². The molecule has 2 aromatic rings. The monoisotopic (exact) mass is 514 g/mol. The Morgan fingerprint density at radius 1 is 0.865 bits per heavy atom. The standard InChI is InChI=1S/C27H30O10/c1-4-24(30)34-16-23(13-28)37-27(33)21-11-7-19(8-12-21)18-5-9-20(10-6-18)26(32)36-15-22(29)14-35-25(31)17(2)3/h4-12,22-24,28-30H,1-2,13-16H2,3H3. The van der Waals surface area contributed by atoms with Crippen LogP contribution in [-0.4, -0.2) is 78.2 Å². The van der Waals surface area contributed by atoms with Gasteiger partial charge in [-0.1, -0.05) is 37.4 Å². The van der Waals surface area contributed by atoms with Gasteiger partial charge in [-0.2, -0.15) is 0 Å². The van der Waals surface area contributed by atoms with Gasteiger partial charge in [0.05, 0.1) is 24.3 Å². The van der Waals surface area contributed by atoms with Gasteiger partial charge in [0.25, 0.3) is 0 Å². The summed E-state index contributed by atoms with van der Waals surface area (Å²) in [4.78, 5) is 35.9. The number of aliphatic hydroxyl groups excluding tert-OH is 3. The van der Waals surface area contributed by atoms with E-state index in [-0.39, 0.29) is 36.5 Å². The van der Waals surface area contributed by atoms with Gasteiger partial charge >= 0.3 is 17.9 Å². The Bertz CT molecular complexity index is 1080. The van der Waals surface area contributed by atoms with E-state index in [0.29, 0.717) is 0 Å². The fraction of sp³-hybridized carbons (Fsp3) is 0.296. The van der Waals surface area contributed by atoms with Gasteiger partial charge in [-0.05, 0) is 48.4 Å². The van der Waals surface area contributed by atoms with Crippen molar-refractivity contribution in [3.8, 4) is 11.1 Å². The van der Waals surface area contributed by atoms with Crippen molar-refractivity contribution in [3.63, 3.8) is 0 Å². The summed E-state index contributed by atoms with van der Waals surface area (Å²) in [7, 11) is 0. The molecule has 198 valence electrons. The predicted molar refractivity (Wildman–Crippen MR) is 132 cm³/mol. The van der Waals surface area contributed by atoms with Crippen LogP contribution in [0.1, 0.15) is 27.6 Å². The minimum atomic E-state index is -1.23. The van der Waals surface area contributed by atoms with E-state index < -0.39 is 43.0 Å². The molecular weight excluding hydrogens is 484 g/mol. The molecule has 10 nitrogen and oxygen atoms in total. The Hall–Kier alpha value is -3.83. The third kappa shape index (κ3) is 9.62. The van der Waals surface area contributed by atoms with Gasteiger partial charge in [-0.15, -0.1) is 0 Å². The summed E-state index contributed by atoms with van der Waals surface area (Å²) in [6.07, 6.45) is -2.20. The van der Waals surface area contributed by atoms with E-state index in [4.69, 9.17) is 18.9 Å². The second-order valence-corrected chi connectivity index (χ2v) is 7.96. The van der Waals surface area contributed by atoms with E-state index in [9.17, 15) is 29.7 Å². The summed E-state index contributed by atoms with van der Waals surface area (Å²) in [5.74, 6) is -1.97. The highest BCUT2D eigenvalue weighted by Gasteiger charge is 2.17. The maximum Gasteiger partial charge on any atom is 0.338 e. The highest BCUT2D eigenvalue weighted by molar-refractivity contribution is 5.91. The first-order chi connectivity index (χ1) is 17.6. The second kappa shape index (κ2) is 14.7. The lowest BCUT2D eigenvalue weighted by molar-refractivity contribution is -0.142. The van der Waals surface area contributed by atoms with Gasteiger partial charge in [0.2, 0.25) is 0 Å². The van der Waals surface area contributed by atoms with Gasteiger partial charge in [0.1, 0.15) is 25.4 Å². The summed E-state index contributed by atoms with van der Waals surface area (Å²) in [6.45, 7) is 6.90. The van der Waals surface area contributed by atoms with Gasteiger partial charge in [0.15, 0.2) is 6.29 Å². The molecule has 0 radical (unpaired) electrons. The zero-order valence-electron chi connectivity index (χ0n) is 20.4. The first-order valence-corrected chi connectivity index (χ1v) is 11.3. The fourth-order valence-corrected chi connectivity index (χ4v) is 2.81. The van der Waals surface area contributed by atoms with Crippen LogP contribution in [0.25, 0.3) is 11.1 Å². The van der Waals surface area contributed by atoms with Crippen molar-refractivity contribution in [1.29, 1.82) is 0 Å². The van der Waals surface area contributed by atoms with Crippen LogP contribution < -0.4 is 0 Å². The first kappa shape index (κ1) is 29.4. The molecule has 2 aromatic carbocycles. The third-order valence-corrected chi connectivity index (χ3v) is 4.87. The molecule has 0 aliphatic rings. The largest absolute Gasteiger partial charge is 0.459 e. The Balaban J connectivity index is 1.90. The van der Waals surface area contributed by atoms with E-state index in [0.717, 1.165) is 17.2 Å². The van der Waals surface area contributed by atoms with Gasteiger partial charge in [-0.3, -0.25) is 0 Å². The van der Waals surface area contributed by atoms with E-state index in [1.165, 1.54) is 6.92 Å². The SMILES string of the molecule is C=CC(O)OCC(CO)OC(=O)c1ccc(-c2ccc(C(=O)OCC(O)COC(=O)C(=C)C)cc2)cc1. The Morgan fingerprint density at radius 3 is 1.86 bits per heavy atom. The number of hydrogen-bond donors (Lipinski definition) is 3. The molecule has 3 unspecified atom stereocenters. The zero-order chi connectivity index (χ0) is 27.4. The Labute approximate surface area is 214 Å².